The molecule has 7 heteroatoms. The summed E-state index contributed by atoms with van der Waals surface area (Å²) in [6, 6.07) is 5.29. The van der Waals surface area contributed by atoms with E-state index in [1.165, 1.54) is 13.2 Å². The lowest BCUT2D eigenvalue weighted by Gasteiger charge is -2.14. The Labute approximate surface area is 130 Å². The number of carbonyl (C=O) groups is 1. The first-order chi connectivity index (χ1) is 10.9. The average Bonchev–Trinajstić information content (AvgIpc) is 2.51. The van der Waals surface area contributed by atoms with Crippen LogP contribution in [-0.4, -0.2) is 19.1 Å². The Balaban J connectivity index is 2.29. The van der Waals surface area contributed by atoms with E-state index >= 15 is 0 Å². The minimum Gasteiger partial charge on any atom is -0.468 e. The molecule has 0 bridgehead atoms. The Morgan fingerprint density at radius 1 is 1.09 bits per heavy atom. The molecule has 4 nitrogen and oxygen atoms in total. The second-order valence-corrected chi connectivity index (χ2v) is 4.76. The molecule has 1 unspecified atom stereocenters. The van der Waals surface area contributed by atoms with Crippen LogP contribution in [0.2, 0.25) is 0 Å². The van der Waals surface area contributed by atoms with Crippen LogP contribution in [0.25, 0.3) is 0 Å². The molecule has 0 aliphatic rings. The van der Waals surface area contributed by atoms with E-state index in [1.807, 2.05) is 0 Å². The van der Waals surface area contributed by atoms with Crippen LogP contribution in [0.1, 0.15) is 5.56 Å². The lowest BCUT2D eigenvalue weighted by Crippen LogP contribution is -2.33. The summed E-state index contributed by atoms with van der Waals surface area (Å²) in [6.07, 6.45) is -0.0669. The molecule has 0 fully saturated rings. The quantitative estimate of drug-likeness (QED) is 0.859. The zero-order valence-corrected chi connectivity index (χ0v) is 12.2. The highest BCUT2D eigenvalue weighted by molar-refractivity contribution is 5.75. The minimum absolute atomic E-state index is 0.0669. The van der Waals surface area contributed by atoms with E-state index in [0.717, 1.165) is 24.3 Å². The molecule has 0 spiro atoms. The van der Waals surface area contributed by atoms with Gasteiger partial charge in [0.05, 0.1) is 7.11 Å². The van der Waals surface area contributed by atoms with Crippen molar-refractivity contribution in [3.8, 4) is 11.5 Å². The maximum Gasteiger partial charge on any atom is 0.322 e. The van der Waals surface area contributed by atoms with Crippen LogP contribution < -0.4 is 10.5 Å². The Morgan fingerprint density at radius 3 is 2.30 bits per heavy atom. The Morgan fingerprint density at radius 2 is 1.70 bits per heavy atom. The van der Waals surface area contributed by atoms with E-state index in [1.54, 1.807) is 0 Å². The van der Waals surface area contributed by atoms with Gasteiger partial charge >= 0.3 is 5.97 Å². The van der Waals surface area contributed by atoms with E-state index in [0.29, 0.717) is 6.07 Å². The van der Waals surface area contributed by atoms with Crippen LogP contribution in [-0.2, 0) is 16.0 Å². The van der Waals surface area contributed by atoms with Crippen LogP contribution in [0.15, 0.2) is 36.4 Å². The van der Waals surface area contributed by atoms with Crippen molar-refractivity contribution in [3.63, 3.8) is 0 Å². The van der Waals surface area contributed by atoms with Crippen molar-refractivity contribution in [2.75, 3.05) is 7.11 Å². The number of hydrogen-bond acceptors (Lipinski definition) is 4. The molecule has 2 rings (SSSR count). The Kier molecular flexibility index (Phi) is 5.23. The predicted octanol–water partition coefficient (Wildman–Crippen LogP) is 2.94. The minimum atomic E-state index is -1.03. The molecule has 23 heavy (non-hydrogen) atoms. The van der Waals surface area contributed by atoms with Gasteiger partial charge in [0.25, 0.3) is 0 Å². The molecule has 0 saturated carbocycles. The van der Waals surface area contributed by atoms with Crippen molar-refractivity contribution in [2.24, 2.45) is 5.73 Å². The maximum absolute atomic E-state index is 13.7. The Hall–Kier alpha value is -2.54. The van der Waals surface area contributed by atoms with Gasteiger partial charge in [-0.25, -0.2) is 13.2 Å². The molecule has 0 aromatic heterocycles. The fourth-order valence-corrected chi connectivity index (χ4v) is 1.96. The summed E-state index contributed by atoms with van der Waals surface area (Å²) in [7, 11) is 1.18. The highest BCUT2D eigenvalue weighted by Crippen LogP contribution is 2.29. The number of carbonyl (C=O) groups excluding carboxylic acids is 1. The molecular weight excluding hydrogens is 311 g/mol. The van der Waals surface area contributed by atoms with Crippen molar-refractivity contribution in [3.05, 3.63) is 59.4 Å². The molecule has 0 aliphatic carbocycles. The third-order valence-corrected chi connectivity index (χ3v) is 3.08. The predicted molar refractivity (Wildman–Crippen MR) is 76.5 cm³/mol. The molecule has 0 amide bonds. The molecule has 2 N–H and O–H groups in total. The summed E-state index contributed by atoms with van der Waals surface area (Å²) in [4.78, 5) is 11.4. The van der Waals surface area contributed by atoms with Crippen molar-refractivity contribution in [2.45, 2.75) is 12.5 Å². The maximum atomic E-state index is 13.7. The highest BCUT2D eigenvalue weighted by atomic mass is 19.1. The molecule has 2 aromatic rings. The standard InChI is InChI=1S/C16H14F3NO3/c1-22-16(21)13(20)7-9-6-10(17)2-4-14(9)23-15-5-3-11(18)8-12(15)19/h2-6,8,13H,7,20H2,1H3. The molecule has 0 radical (unpaired) electrons. The van der Waals surface area contributed by atoms with Gasteiger partial charge in [0.15, 0.2) is 11.6 Å². The second kappa shape index (κ2) is 7.15. The lowest BCUT2D eigenvalue weighted by molar-refractivity contribution is -0.142. The van der Waals surface area contributed by atoms with E-state index in [2.05, 4.69) is 4.74 Å². The van der Waals surface area contributed by atoms with E-state index in [9.17, 15) is 18.0 Å². The number of esters is 1. The van der Waals surface area contributed by atoms with E-state index in [-0.39, 0.29) is 23.5 Å². The van der Waals surface area contributed by atoms with Gasteiger partial charge in [-0.15, -0.1) is 0 Å². The summed E-state index contributed by atoms with van der Waals surface area (Å²) in [5.41, 5.74) is 5.90. The largest absolute Gasteiger partial charge is 0.468 e. The Bertz CT molecular complexity index is 722. The van der Waals surface area contributed by atoms with Gasteiger partial charge in [-0.3, -0.25) is 4.79 Å². The molecule has 1 atom stereocenters. The summed E-state index contributed by atoms with van der Waals surface area (Å²) in [5, 5.41) is 0. The molecule has 0 heterocycles. The summed E-state index contributed by atoms with van der Waals surface area (Å²) < 4.78 is 49.8. The SMILES string of the molecule is COC(=O)C(N)Cc1cc(F)ccc1Oc1ccc(F)cc1F. The molecule has 0 aliphatic heterocycles. The summed E-state index contributed by atoms with van der Waals surface area (Å²) in [6.45, 7) is 0. The van der Waals surface area contributed by atoms with E-state index < -0.39 is 29.5 Å². The third kappa shape index (κ3) is 4.23. The first-order valence-corrected chi connectivity index (χ1v) is 6.65. The average molecular weight is 325 g/mol. The smallest absolute Gasteiger partial charge is 0.322 e. The monoisotopic (exact) mass is 325 g/mol. The molecule has 122 valence electrons. The second-order valence-electron chi connectivity index (χ2n) is 4.76. The van der Waals surface area contributed by atoms with Crippen LogP contribution >= 0.6 is 0 Å². The fourth-order valence-electron chi connectivity index (χ4n) is 1.96. The van der Waals surface area contributed by atoms with Gasteiger partial charge in [0, 0.05) is 12.5 Å². The van der Waals surface area contributed by atoms with Crippen LogP contribution in [0.4, 0.5) is 13.2 Å². The van der Waals surface area contributed by atoms with Crippen LogP contribution in [0, 0.1) is 17.5 Å². The number of ether oxygens (including phenoxy) is 2. The van der Waals surface area contributed by atoms with Gasteiger partial charge < -0.3 is 15.2 Å². The van der Waals surface area contributed by atoms with Gasteiger partial charge in [-0.2, -0.15) is 0 Å². The zero-order valence-electron chi connectivity index (χ0n) is 12.2. The van der Waals surface area contributed by atoms with E-state index in [4.69, 9.17) is 10.5 Å². The first kappa shape index (κ1) is 16.8. The van der Waals surface area contributed by atoms with Crippen LogP contribution in [0.3, 0.4) is 0 Å². The number of rotatable bonds is 5. The number of halogens is 3. The van der Waals surface area contributed by atoms with Gasteiger partial charge in [0.1, 0.15) is 23.4 Å². The molecular formula is C16H14F3NO3. The molecule has 2 aromatic carbocycles. The lowest BCUT2D eigenvalue weighted by atomic mass is 10.1. The highest BCUT2D eigenvalue weighted by Gasteiger charge is 2.18. The number of benzene rings is 2. The molecule has 0 saturated heterocycles. The van der Waals surface area contributed by atoms with Gasteiger partial charge in [-0.05, 0) is 35.9 Å². The third-order valence-electron chi connectivity index (χ3n) is 3.08. The van der Waals surface area contributed by atoms with Crippen molar-refractivity contribution < 1.29 is 27.4 Å². The van der Waals surface area contributed by atoms with Crippen molar-refractivity contribution in [1.29, 1.82) is 0 Å². The number of hydrogen-bond donors (Lipinski definition) is 1. The summed E-state index contributed by atoms with van der Waals surface area (Å²) >= 11 is 0. The van der Waals surface area contributed by atoms with Crippen LogP contribution in [0.5, 0.6) is 11.5 Å². The number of nitrogens with two attached hydrogens (primary N) is 1. The zero-order chi connectivity index (χ0) is 17.0. The van der Waals surface area contributed by atoms with Gasteiger partial charge in [-0.1, -0.05) is 0 Å². The normalized spacial score (nSPS) is 11.9. The topological polar surface area (TPSA) is 61.5 Å². The summed E-state index contributed by atoms with van der Waals surface area (Å²) in [5.74, 6) is -3.02. The van der Waals surface area contributed by atoms with Crippen molar-refractivity contribution in [1.82, 2.24) is 0 Å². The van der Waals surface area contributed by atoms with Gasteiger partial charge in [0.2, 0.25) is 0 Å². The first-order valence-electron chi connectivity index (χ1n) is 6.65. The number of methoxy groups -OCH3 is 1. The van der Waals surface area contributed by atoms with Crippen molar-refractivity contribution >= 4 is 5.97 Å². The fraction of sp³-hybridized carbons (Fsp3) is 0.188.